The van der Waals surface area contributed by atoms with Crippen LogP contribution in [-0.2, 0) is 4.79 Å². The minimum Gasteiger partial charge on any atom is -0.478 e. The summed E-state index contributed by atoms with van der Waals surface area (Å²) in [7, 11) is 0. The zero-order chi connectivity index (χ0) is 22.4. The van der Waals surface area contributed by atoms with Crippen molar-refractivity contribution >= 4 is 53.0 Å². The number of fused-ring (bicyclic) bond motifs is 1. The molecule has 0 atom stereocenters. The van der Waals surface area contributed by atoms with Gasteiger partial charge in [0.2, 0.25) is 0 Å². The third-order valence-electron chi connectivity index (χ3n) is 6.29. The number of benzene rings is 1. The number of aryl methyl sites for hydroxylation is 1. The number of aromatic carboxylic acids is 1. The van der Waals surface area contributed by atoms with E-state index in [0.717, 1.165) is 48.4 Å². The summed E-state index contributed by atoms with van der Waals surface area (Å²) < 4.78 is 0. The number of H-pyrrole nitrogens is 1. The van der Waals surface area contributed by atoms with E-state index >= 15 is 0 Å². The van der Waals surface area contributed by atoms with Crippen LogP contribution in [0.4, 0.5) is 5.69 Å². The summed E-state index contributed by atoms with van der Waals surface area (Å²) in [6.45, 7) is 5.53. The maximum Gasteiger partial charge on any atom is 0.337 e. The lowest BCUT2D eigenvalue weighted by atomic mass is 9.99. The van der Waals surface area contributed by atoms with Gasteiger partial charge in [-0.25, -0.2) is 9.78 Å². The molecule has 2 aliphatic heterocycles. The Hall–Kier alpha value is -2.94. The average Bonchev–Trinajstić information content (AvgIpc) is 3.45. The molecular formula is C24H25ClN4O3S. The SMILES string of the molecule is Cc1[nH]c(/C=C2\C(=O)Nc3ccc(-c4csc(C5CCNCC5)n4)cc32)c(C)c1C(=O)O.Cl. The molecule has 0 unspecified atom stereocenters. The molecule has 0 radical (unpaired) electrons. The van der Waals surface area contributed by atoms with Gasteiger partial charge in [0.25, 0.3) is 5.91 Å². The van der Waals surface area contributed by atoms with Crippen molar-refractivity contribution in [1.82, 2.24) is 15.3 Å². The van der Waals surface area contributed by atoms with Crippen LogP contribution in [0, 0.1) is 13.8 Å². The Labute approximate surface area is 201 Å². The number of aromatic nitrogens is 2. The molecule has 0 spiro atoms. The first-order chi connectivity index (χ1) is 15.4. The van der Waals surface area contributed by atoms with Gasteiger partial charge in [0.1, 0.15) is 0 Å². The molecule has 0 aliphatic carbocycles. The maximum absolute atomic E-state index is 12.7. The van der Waals surface area contributed by atoms with Gasteiger partial charge in [-0.3, -0.25) is 4.79 Å². The summed E-state index contributed by atoms with van der Waals surface area (Å²) in [6, 6.07) is 5.88. The predicted octanol–water partition coefficient (Wildman–Crippen LogP) is 4.83. The highest BCUT2D eigenvalue weighted by Gasteiger charge is 2.27. The van der Waals surface area contributed by atoms with Gasteiger partial charge in [-0.05, 0) is 63.6 Å². The first kappa shape index (κ1) is 23.2. The second-order valence-electron chi connectivity index (χ2n) is 8.34. The number of piperidine rings is 1. The van der Waals surface area contributed by atoms with Gasteiger partial charge in [-0.2, -0.15) is 0 Å². The number of hydrogen-bond acceptors (Lipinski definition) is 5. The zero-order valence-electron chi connectivity index (χ0n) is 18.3. The fraction of sp³-hybridized carbons (Fsp3) is 0.292. The smallest absolute Gasteiger partial charge is 0.337 e. The lowest BCUT2D eigenvalue weighted by Gasteiger charge is -2.20. The summed E-state index contributed by atoms with van der Waals surface area (Å²) in [4.78, 5) is 32.3. The summed E-state index contributed by atoms with van der Waals surface area (Å²) >= 11 is 1.70. The second-order valence-corrected chi connectivity index (χ2v) is 9.23. The molecule has 5 rings (SSSR count). The Kier molecular flexibility index (Phi) is 6.43. The number of carbonyl (C=O) groups is 2. The number of carboxylic acid groups (broad SMARTS) is 1. The lowest BCUT2D eigenvalue weighted by Crippen LogP contribution is -2.26. The summed E-state index contributed by atoms with van der Waals surface area (Å²) in [6.07, 6.45) is 3.95. The van der Waals surface area contributed by atoms with Gasteiger partial charge in [-0.1, -0.05) is 6.07 Å². The van der Waals surface area contributed by atoms with Crippen LogP contribution in [0.5, 0.6) is 0 Å². The molecule has 4 N–H and O–H groups in total. The standard InChI is InChI=1S/C24H24N4O3S.ClH/c1-12-19(26-13(2)21(12)24(30)31)10-17-16-9-15(3-4-18(16)27-22(17)29)20-11-32-23(28-20)14-5-7-25-8-6-14;/h3-4,9-11,14,25-26H,5-8H2,1-2H3,(H,27,29)(H,30,31);1H/b17-10-;. The lowest BCUT2D eigenvalue weighted by molar-refractivity contribution is -0.110. The van der Waals surface area contributed by atoms with Gasteiger partial charge in [0.05, 0.1) is 21.8 Å². The topological polar surface area (TPSA) is 107 Å². The van der Waals surface area contributed by atoms with Crippen molar-refractivity contribution in [2.75, 3.05) is 18.4 Å². The van der Waals surface area contributed by atoms with Crippen molar-refractivity contribution in [3.8, 4) is 11.3 Å². The number of nitrogens with one attached hydrogen (secondary N) is 3. The number of nitrogens with zero attached hydrogens (tertiary/aromatic N) is 1. The number of hydrogen-bond donors (Lipinski definition) is 4. The number of amides is 1. The number of carboxylic acids is 1. The van der Waals surface area contributed by atoms with Crippen molar-refractivity contribution in [3.63, 3.8) is 0 Å². The van der Waals surface area contributed by atoms with E-state index in [9.17, 15) is 14.7 Å². The molecule has 1 aromatic carbocycles. The molecule has 2 aromatic heterocycles. The van der Waals surface area contributed by atoms with Crippen LogP contribution in [0.2, 0.25) is 0 Å². The molecule has 0 bridgehead atoms. The minimum atomic E-state index is -0.979. The van der Waals surface area contributed by atoms with E-state index in [-0.39, 0.29) is 23.9 Å². The van der Waals surface area contributed by atoms with Crippen LogP contribution < -0.4 is 10.6 Å². The molecule has 9 heteroatoms. The van der Waals surface area contributed by atoms with E-state index in [1.165, 1.54) is 5.01 Å². The van der Waals surface area contributed by atoms with Crippen LogP contribution in [0.25, 0.3) is 22.9 Å². The number of thiazole rings is 1. The van der Waals surface area contributed by atoms with Crippen molar-refractivity contribution in [2.24, 2.45) is 0 Å². The van der Waals surface area contributed by atoms with Gasteiger partial charge in [-0.15, -0.1) is 23.7 Å². The second kappa shape index (κ2) is 9.13. The molecule has 33 heavy (non-hydrogen) atoms. The Morgan fingerprint density at radius 2 is 2.00 bits per heavy atom. The van der Waals surface area contributed by atoms with Crippen molar-refractivity contribution in [1.29, 1.82) is 0 Å². The Morgan fingerprint density at radius 3 is 2.70 bits per heavy atom. The highest BCUT2D eigenvalue weighted by atomic mass is 35.5. The third kappa shape index (κ3) is 4.21. The van der Waals surface area contributed by atoms with E-state index in [0.29, 0.717) is 28.4 Å². The Balaban J connectivity index is 0.00000259. The first-order valence-corrected chi connectivity index (χ1v) is 11.6. The maximum atomic E-state index is 12.7. The molecule has 0 saturated carbocycles. The summed E-state index contributed by atoms with van der Waals surface area (Å²) in [5, 5.41) is 19.0. The van der Waals surface area contributed by atoms with Crippen molar-refractivity contribution in [2.45, 2.75) is 32.6 Å². The Morgan fingerprint density at radius 1 is 1.24 bits per heavy atom. The normalized spacial score (nSPS) is 17.0. The fourth-order valence-electron chi connectivity index (χ4n) is 4.55. The largest absolute Gasteiger partial charge is 0.478 e. The van der Waals surface area contributed by atoms with E-state index in [1.807, 2.05) is 18.2 Å². The number of rotatable bonds is 4. The van der Waals surface area contributed by atoms with Crippen LogP contribution in [-0.4, -0.2) is 40.0 Å². The van der Waals surface area contributed by atoms with Crippen molar-refractivity contribution in [3.05, 3.63) is 56.7 Å². The minimum absolute atomic E-state index is 0. The third-order valence-corrected chi connectivity index (χ3v) is 7.29. The highest BCUT2D eigenvalue weighted by molar-refractivity contribution is 7.10. The summed E-state index contributed by atoms with van der Waals surface area (Å²) in [5.41, 5.74) is 6.01. The monoisotopic (exact) mass is 484 g/mol. The molecule has 1 amide bonds. The molecule has 3 aromatic rings. The molecule has 2 aliphatic rings. The molecule has 1 saturated heterocycles. The van der Waals surface area contributed by atoms with Crippen LogP contribution in [0.15, 0.2) is 23.6 Å². The number of aromatic amines is 1. The molecule has 1 fully saturated rings. The first-order valence-electron chi connectivity index (χ1n) is 10.7. The van der Waals surface area contributed by atoms with Gasteiger partial charge in [0.15, 0.2) is 0 Å². The number of carbonyl (C=O) groups excluding carboxylic acids is 1. The molecule has 7 nitrogen and oxygen atoms in total. The van der Waals surface area contributed by atoms with Crippen LogP contribution >= 0.6 is 23.7 Å². The van der Waals surface area contributed by atoms with E-state index in [1.54, 1.807) is 31.3 Å². The quantitative estimate of drug-likeness (QED) is 0.396. The molecular weight excluding hydrogens is 460 g/mol. The van der Waals surface area contributed by atoms with E-state index < -0.39 is 5.97 Å². The molecule has 172 valence electrons. The number of halogens is 1. The van der Waals surface area contributed by atoms with Crippen molar-refractivity contribution < 1.29 is 14.7 Å². The van der Waals surface area contributed by atoms with E-state index in [4.69, 9.17) is 4.98 Å². The Bertz CT molecular complexity index is 1270. The predicted molar refractivity (Wildman–Crippen MR) is 133 cm³/mol. The number of anilines is 1. The van der Waals surface area contributed by atoms with E-state index in [2.05, 4.69) is 21.0 Å². The highest BCUT2D eigenvalue weighted by Crippen LogP contribution is 2.38. The van der Waals surface area contributed by atoms with Gasteiger partial charge < -0.3 is 20.7 Å². The fourth-order valence-corrected chi connectivity index (χ4v) is 5.55. The van der Waals surface area contributed by atoms with Gasteiger partial charge in [0, 0.05) is 39.5 Å². The van der Waals surface area contributed by atoms with Crippen LogP contribution in [0.3, 0.4) is 0 Å². The molecule has 4 heterocycles. The van der Waals surface area contributed by atoms with Crippen LogP contribution in [0.1, 0.15) is 56.6 Å². The zero-order valence-corrected chi connectivity index (χ0v) is 20.0. The van der Waals surface area contributed by atoms with Gasteiger partial charge >= 0.3 is 5.97 Å². The summed E-state index contributed by atoms with van der Waals surface area (Å²) in [5.74, 6) is -0.674. The average molecular weight is 485 g/mol.